The molecule has 1 aromatic heterocycles. The van der Waals surface area contributed by atoms with Crippen LogP contribution in [0.4, 0.5) is 22.2 Å². The monoisotopic (exact) mass is 456 g/mol. The number of hydrogen-bond donors (Lipinski definition) is 3. The van der Waals surface area contributed by atoms with E-state index in [1.165, 1.54) is 6.07 Å². The van der Waals surface area contributed by atoms with Crippen LogP contribution in [0.5, 0.6) is 0 Å². The van der Waals surface area contributed by atoms with E-state index in [2.05, 4.69) is 47.7 Å². The van der Waals surface area contributed by atoms with Crippen molar-refractivity contribution >= 4 is 23.8 Å². The van der Waals surface area contributed by atoms with Gasteiger partial charge in [-0.3, -0.25) is 4.79 Å². The molecule has 2 fully saturated rings. The van der Waals surface area contributed by atoms with Crippen LogP contribution in [-0.2, 0) is 11.3 Å². The van der Waals surface area contributed by atoms with Gasteiger partial charge in [0.15, 0.2) is 0 Å². The quantitative estimate of drug-likeness (QED) is 0.583. The van der Waals surface area contributed by atoms with E-state index >= 15 is 0 Å². The number of aromatic nitrogens is 3. The van der Waals surface area contributed by atoms with Gasteiger partial charge in [-0.1, -0.05) is 24.6 Å². The lowest BCUT2D eigenvalue weighted by atomic mass is 9.85. The summed E-state index contributed by atoms with van der Waals surface area (Å²) < 4.78 is 13.8. The lowest BCUT2D eigenvalue weighted by Crippen LogP contribution is -2.45. The van der Waals surface area contributed by atoms with E-state index in [9.17, 15) is 9.18 Å². The molecule has 10 heteroatoms. The number of carbonyl (C=O) groups is 1. The summed E-state index contributed by atoms with van der Waals surface area (Å²) in [5.41, 5.74) is 0.498. The van der Waals surface area contributed by atoms with E-state index in [0.29, 0.717) is 29.8 Å². The highest BCUT2D eigenvalue weighted by Gasteiger charge is 2.28. The summed E-state index contributed by atoms with van der Waals surface area (Å²) in [4.78, 5) is 30.9. The molecule has 2 aromatic rings. The normalized spacial score (nSPS) is 21.5. The number of halogens is 1. The van der Waals surface area contributed by atoms with Crippen molar-refractivity contribution in [1.29, 1.82) is 0 Å². The zero-order valence-electron chi connectivity index (χ0n) is 19.4. The summed E-state index contributed by atoms with van der Waals surface area (Å²) in [7, 11) is 3.91. The van der Waals surface area contributed by atoms with Gasteiger partial charge in [0.05, 0.1) is 0 Å². The Morgan fingerprint density at radius 2 is 1.85 bits per heavy atom. The molecule has 2 heterocycles. The fourth-order valence-corrected chi connectivity index (χ4v) is 4.40. The summed E-state index contributed by atoms with van der Waals surface area (Å²) in [6, 6.07) is 6.62. The van der Waals surface area contributed by atoms with Crippen LogP contribution in [0.3, 0.4) is 0 Å². The Balaban J connectivity index is 1.37. The maximum atomic E-state index is 13.8. The van der Waals surface area contributed by atoms with E-state index in [1.54, 1.807) is 25.2 Å². The van der Waals surface area contributed by atoms with Gasteiger partial charge in [-0.05, 0) is 32.4 Å². The van der Waals surface area contributed by atoms with Crippen molar-refractivity contribution in [2.75, 3.05) is 55.8 Å². The molecule has 0 spiro atoms. The average Bonchev–Trinajstić information content (AvgIpc) is 2.83. The number of nitrogens with one attached hydrogen (secondary N) is 3. The smallest absolute Gasteiger partial charge is 0.232 e. The van der Waals surface area contributed by atoms with E-state index in [4.69, 9.17) is 0 Å². The molecule has 1 amide bonds. The highest BCUT2D eigenvalue weighted by molar-refractivity contribution is 5.78. The van der Waals surface area contributed by atoms with Gasteiger partial charge in [-0.15, -0.1) is 0 Å². The number of benzene rings is 1. The molecule has 2 aliphatic rings. The maximum Gasteiger partial charge on any atom is 0.232 e. The van der Waals surface area contributed by atoms with Gasteiger partial charge in [0, 0.05) is 57.3 Å². The van der Waals surface area contributed by atoms with E-state index in [0.717, 1.165) is 45.4 Å². The van der Waals surface area contributed by atoms with Crippen LogP contribution < -0.4 is 20.9 Å². The lowest BCUT2D eigenvalue weighted by Gasteiger charge is -2.33. The molecule has 1 saturated heterocycles. The number of amides is 1. The molecule has 3 N–H and O–H groups in total. The fourth-order valence-electron chi connectivity index (χ4n) is 4.40. The predicted octanol–water partition coefficient (Wildman–Crippen LogP) is 2.09. The molecule has 33 heavy (non-hydrogen) atoms. The number of piperazine rings is 1. The largest absolute Gasteiger partial charge is 0.357 e. The molecule has 4 rings (SSSR count). The molecular weight excluding hydrogens is 423 g/mol. The van der Waals surface area contributed by atoms with Crippen LogP contribution in [0, 0.1) is 11.7 Å². The highest BCUT2D eigenvalue weighted by atomic mass is 19.1. The third-order valence-electron chi connectivity index (χ3n) is 6.42. The van der Waals surface area contributed by atoms with Crippen molar-refractivity contribution < 1.29 is 9.18 Å². The van der Waals surface area contributed by atoms with Crippen LogP contribution in [0.2, 0.25) is 0 Å². The number of rotatable bonds is 7. The number of carbonyl (C=O) groups excluding carboxylic acids is 1. The minimum absolute atomic E-state index is 0.0329. The molecule has 1 aliphatic carbocycles. The van der Waals surface area contributed by atoms with Gasteiger partial charge in [-0.2, -0.15) is 15.0 Å². The van der Waals surface area contributed by atoms with Crippen molar-refractivity contribution in [1.82, 2.24) is 25.2 Å². The maximum absolute atomic E-state index is 13.8. The van der Waals surface area contributed by atoms with Crippen molar-refractivity contribution in [3.63, 3.8) is 0 Å². The van der Waals surface area contributed by atoms with Crippen molar-refractivity contribution in [3.05, 3.63) is 35.6 Å². The second-order valence-corrected chi connectivity index (χ2v) is 8.84. The highest BCUT2D eigenvalue weighted by Crippen LogP contribution is 2.27. The lowest BCUT2D eigenvalue weighted by molar-refractivity contribution is -0.126. The van der Waals surface area contributed by atoms with Crippen molar-refractivity contribution in [3.8, 4) is 0 Å². The minimum atomic E-state index is -0.299. The summed E-state index contributed by atoms with van der Waals surface area (Å²) in [5, 5.41) is 9.35. The van der Waals surface area contributed by atoms with Gasteiger partial charge in [0.25, 0.3) is 0 Å². The first kappa shape index (κ1) is 23.2. The van der Waals surface area contributed by atoms with Crippen molar-refractivity contribution in [2.24, 2.45) is 5.92 Å². The Labute approximate surface area is 194 Å². The third kappa shape index (κ3) is 6.07. The Kier molecular flexibility index (Phi) is 7.54. The number of nitrogens with zero attached hydrogens (tertiary/aromatic N) is 5. The summed E-state index contributed by atoms with van der Waals surface area (Å²) in [6.45, 7) is 3.88. The van der Waals surface area contributed by atoms with E-state index in [-0.39, 0.29) is 30.2 Å². The predicted molar refractivity (Wildman–Crippen MR) is 127 cm³/mol. The first-order valence-electron chi connectivity index (χ1n) is 11.7. The Morgan fingerprint density at radius 3 is 2.61 bits per heavy atom. The van der Waals surface area contributed by atoms with Crippen LogP contribution in [0.1, 0.15) is 31.2 Å². The number of likely N-dealkylation sites (N-methyl/N-ethyl adjacent to an activating group) is 1. The molecule has 9 nitrogen and oxygen atoms in total. The van der Waals surface area contributed by atoms with E-state index in [1.807, 2.05) is 0 Å². The molecular formula is C23H33FN8O. The molecule has 0 radical (unpaired) electrons. The van der Waals surface area contributed by atoms with Gasteiger partial charge < -0.3 is 25.8 Å². The first-order chi connectivity index (χ1) is 16.0. The van der Waals surface area contributed by atoms with E-state index < -0.39 is 0 Å². The first-order valence-corrected chi connectivity index (χ1v) is 11.7. The Hall–Kier alpha value is -3.01. The SMILES string of the molecule is CNc1nc(NC2CCCC(C(=O)NCc3ccccc3F)C2)nc(N2CCN(C)CC2)n1. The molecule has 1 saturated carbocycles. The minimum Gasteiger partial charge on any atom is -0.357 e. The topological polar surface area (TPSA) is 98.3 Å². The van der Waals surface area contributed by atoms with Gasteiger partial charge >= 0.3 is 0 Å². The third-order valence-corrected chi connectivity index (χ3v) is 6.42. The number of anilines is 3. The summed E-state index contributed by atoms with van der Waals surface area (Å²) in [5.74, 6) is 1.27. The van der Waals surface area contributed by atoms with Gasteiger partial charge in [0.2, 0.25) is 23.8 Å². The molecule has 0 bridgehead atoms. The molecule has 1 aromatic carbocycles. The summed E-state index contributed by atoms with van der Waals surface area (Å²) in [6.07, 6.45) is 3.40. The molecule has 2 unspecified atom stereocenters. The number of hydrogen-bond acceptors (Lipinski definition) is 8. The zero-order chi connectivity index (χ0) is 23.2. The average molecular weight is 457 g/mol. The standard InChI is InChI=1S/C23H33FN8O/c1-25-21-28-22(30-23(29-21)32-12-10-31(2)11-13-32)27-18-8-5-7-16(14-18)20(33)26-15-17-6-3-4-9-19(17)24/h3-4,6,9,16,18H,5,7-8,10-15H2,1-2H3,(H,26,33)(H2,25,27,28,29,30). The second kappa shape index (κ2) is 10.7. The van der Waals surface area contributed by atoms with Crippen LogP contribution in [-0.4, -0.2) is 72.1 Å². The van der Waals surface area contributed by atoms with Crippen molar-refractivity contribution in [2.45, 2.75) is 38.3 Å². The van der Waals surface area contributed by atoms with Gasteiger partial charge in [-0.25, -0.2) is 4.39 Å². The molecule has 1 aliphatic heterocycles. The molecule has 2 atom stereocenters. The molecule has 178 valence electrons. The Morgan fingerprint density at radius 1 is 1.09 bits per heavy atom. The van der Waals surface area contributed by atoms with Crippen LogP contribution >= 0.6 is 0 Å². The van der Waals surface area contributed by atoms with Gasteiger partial charge in [0.1, 0.15) is 5.82 Å². The summed E-state index contributed by atoms with van der Waals surface area (Å²) >= 11 is 0. The zero-order valence-corrected chi connectivity index (χ0v) is 19.4. The van der Waals surface area contributed by atoms with Crippen LogP contribution in [0.15, 0.2) is 24.3 Å². The van der Waals surface area contributed by atoms with Crippen LogP contribution in [0.25, 0.3) is 0 Å². The second-order valence-electron chi connectivity index (χ2n) is 8.84. The Bertz CT molecular complexity index is 950. The fraction of sp³-hybridized carbons (Fsp3) is 0.565.